The molecule has 0 bridgehead atoms. The van der Waals surface area contributed by atoms with Crippen LogP contribution in [-0.2, 0) is 14.8 Å². The lowest BCUT2D eigenvalue weighted by molar-refractivity contribution is -0.138. The Morgan fingerprint density at radius 3 is 2.31 bits per heavy atom. The van der Waals surface area contributed by atoms with Gasteiger partial charge in [0, 0.05) is 32.1 Å². The van der Waals surface area contributed by atoms with Crippen LogP contribution in [0.2, 0.25) is 0 Å². The molecule has 0 atom stereocenters. The van der Waals surface area contributed by atoms with E-state index in [1.807, 2.05) is 35.2 Å². The number of likely N-dealkylation sites (tertiary alicyclic amines) is 1. The van der Waals surface area contributed by atoms with E-state index in [-0.39, 0.29) is 16.7 Å². The number of carbonyl (C=O) groups is 1. The summed E-state index contributed by atoms with van der Waals surface area (Å²) >= 11 is 0. The van der Waals surface area contributed by atoms with Crippen LogP contribution in [0.5, 0.6) is 0 Å². The molecule has 1 amide bonds. The predicted molar refractivity (Wildman–Crippen MR) is 110 cm³/mol. The lowest BCUT2D eigenvalue weighted by Gasteiger charge is -2.36. The maximum atomic E-state index is 13.0. The van der Waals surface area contributed by atoms with Crippen molar-refractivity contribution < 1.29 is 13.2 Å². The van der Waals surface area contributed by atoms with E-state index in [4.69, 9.17) is 0 Å². The molecular weight excluding hydrogens is 388 g/mol. The second-order valence-electron chi connectivity index (χ2n) is 8.14. The third-order valence-electron chi connectivity index (χ3n) is 6.12. The van der Waals surface area contributed by atoms with Crippen LogP contribution < -0.4 is 0 Å². The Bertz CT molecular complexity index is 941. The van der Waals surface area contributed by atoms with Gasteiger partial charge in [-0.1, -0.05) is 25.1 Å². The van der Waals surface area contributed by atoms with Crippen LogP contribution in [0.25, 0.3) is 5.69 Å². The number of amides is 1. The highest BCUT2D eigenvalue weighted by Gasteiger charge is 2.35. The molecule has 0 aliphatic carbocycles. The van der Waals surface area contributed by atoms with E-state index in [2.05, 4.69) is 12.0 Å². The van der Waals surface area contributed by atoms with E-state index in [9.17, 15) is 13.2 Å². The van der Waals surface area contributed by atoms with Crippen molar-refractivity contribution in [2.24, 2.45) is 11.8 Å². The van der Waals surface area contributed by atoms with Crippen molar-refractivity contribution in [3.8, 4) is 5.69 Å². The summed E-state index contributed by atoms with van der Waals surface area (Å²) in [5.74, 6) is 0.815. The van der Waals surface area contributed by atoms with Crippen LogP contribution in [0.4, 0.5) is 0 Å². The van der Waals surface area contributed by atoms with Crippen molar-refractivity contribution in [3.05, 3.63) is 42.7 Å². The molecule has 156 valence electrons. The number of sulfonamides is 1. The summed E-state index contributed by atoms with van der Waals surface area (Å²) in [5.41, 5.74) is 0.814. The minimum atomic E-state index is -3.61. The normalized spacial score (nSPS) is 20.1. The van der Waals surface area contributed by atoms with Gasteiger partial charge in [-0.05, 0) is 43.7 Å². The number of para-hydroxylation sites is 1. The van der Waals surface area contributed by atoms with Gasteiger partial charge in [0.15, 0.2) is 0 Å². The van der Waals surface area contributed by atoms with Gasteiger partial charge in [0.2, 0.25) is 15.9 Å². The molecule has 1 aromatic carbocycles. The van der Waals surface area contributed by atoms with E-state index in [1.165, 1.54) is 10.5 Å². The summed E-state index contributed by atoms with van der Waals surface area (Å²) in [4.78, 5) is 15.0. The molecule has 0 unspecified atom stereocenters. The number of aromatic nitrogens is 2. The highest BCUT2D eigenvalue weighted by atomic mass is 32.2. The Kier molecular flexibility index (Phi) is 5.74. The zero-order valence-electron chi connectivity index (χ0n) is 16.8. The maximum absolute atomic E-state index is 13.0. The number of benzene rings is 1. The lowest BCUT2D eigenvalue weighted by Crippen LogP contribution is -2.46. The highest BCUT2D eigenvalue weighted by molar-refractivity contribution is 7.89. The topological polar surface area (TPSA) is 75.5 Å². The fourth-order valence-corrected chi connectivity index (χ4v) is 5.54. The molecule has 0 saturated carbocycles. The van der Waals surface area contributed by atoms with E-state index in [1.54, 1.807) is 10.9 Å². The van der Waals surface area contributed by atoms with Crippen LogP contribution in [0.1, 0.15) is 32.6 Å². The lowest BCUT2D eigenvalue weighted by atomic mass is 9.93. The Balaban J connectivity index is 1.39. The standard InChI is InChI=1S/C21H28N4O3S/c1-17-7-11-23(12-8-17)21(26)18-9-13-24(14-10-18)29(27,28)20-15-22-25(16-20)19-5-3-2-4-6-19/h2-6,15-18H,7-14H2,1H3. The molecular formula is C21H28N4O3S. The SMILES string of the molecule is CC1CCN(C(=O)C2CCN(S(=O)(=O)c3cnn(-c4ccccc4)c3)CC2)CC1. The third-order valence-corrected chi connectivity index (χ3v) is 7.97. The summed E-state index contributed by atoms with van der Waals surface area (Å²) < 4.78 is 29.1. The van der Waals surface area contributed by atoms with Crippen LogP contribution >= 0.6 is 0 Å². The second-order valence-corrected chi connectivity index (χ2v) is 10.1. The molecule has 2 aliphatic rings. The first-order valence-electron chi connectivity index (χ1n) is 10.3. The van der Waals surface area contributed by atoms with Gasteiger partial charge in [0.1, 0.15) is 4.90 Å². The van der Waals surface area contributed by atoms with Crippen LogP contribution in [0.3, 0.4) is 0 Å². The van der Waals surface area contributed by atoms with Crippen molar-refractivity contribution in [1.29, 1.82) is 0 Å². The van der Waals surface area contributed by atoms with Crippen LogP contribution in [0.15, 0.2) is 47.6 Å². The predicted octanol–water partition coefficient (Wildman–Crippen LogP) is 2.53. The molecule has 8 heteroatoms. The molecule has 4 rings (SSSR count). The molecule has 2 aliphatic heterocycles. The molecule has 7 nitrogen and oxygen atoms in total. The summed E-state index contributed by atoms with van der Waals surface area (Å²) in [6.45, 7) is 4.64. The highest BCUT2D eigenvalue weighted by Crippen LogP contribution is 2.27. The fourth-order valence-electron chi connectivity index (χ4n) is 4.14. The monoisotopic (exact) mass is 416 g/mol. The molecule has 2 fully saturated rings. The molecule has 1 aromatic heterocycles. The fraction of sp³-hybridized carbons (Fsp3) is 0.524. The molecule has 29 heavy (non-hydrogen) atoms. The van der Waals surface area contributed by atoms with E-state index in [0.717, 1.165) is 31.6 Å². The Labute approximate surface area is 172 Å². The van der Waals surface area contributed by atoms with Crippen molar-refractivity contribution in [1.82, 2.24) is 19.0 Å². The van der Waals surface area contributed by atoms with Gasteiger partial charge in [-0.3, -0.25) is 4.79 Å². The average Bonchev–Trinajstić information content (AvgIpc) is 3.26. The van der Waals surface area contributed by atoms with E-state index in [0.29, 0.717) is 31.8 Å². The first-order chi connectivity index (χ1) is 13.9. The number of hydrogen-bond donors (Lipinski definition) is 0. The molecule has 2 saturated heterocycles. The summed E-state index contributed by atoms with van der Waals surface area (Å²) in [7, 11) is -3.61. The molecule has 0 radical (unpaired) electrons. The first kappa shape index (κ1) is 20.1. The van der Waals surface area contributed by atoms with Gasteiger partial charge in [-0.2, -0.15) is 9.40 Å². The number of hydrogen-bond acceptors (Lipinski definition) is 4. The Morgan fingerprint density at radius 2 is 1.66 bits per heavy atom. The second kappa shape index (κ2) is 8.28. The molecule has 0 N–H and O–H groups in total. The summed E-state index contributed by atoms with van der Waals surface area (Å²) in [5, 5.41) is 4.21. The van der Waals surface area contributed by atoms with Crippen molar-refractivity contribution >= 4 is 15.9 Å². The van der Waals surface area contributed by atoms with Gasteiger partial charge < -0.3 is 4.90 Å². The minimum absolute atomic E-state index is 0.0677. The van der Waals surface area contributed by atoms with Crippen molar-refractivity contribution in [3.63, 3.8) is 0 Å². The Hall–Kier alpha value is -2.19. The summed E-state index contributed by atoms with van der Waals surface area (Å²) in [6.07, 6.45) is 6.23. The molecule has 2 aromatic rings. The summed E-state index contributed by atoms with van der Waals surface area (Å²) in [6, 6.07) is 9.43. The largest absolute Gasteiger partial charge is 0.342 e. The van der Waals surface area contributed by atoms with Crippen molar-refractivity contribution in [2.75, 3.05) is 26.2 Å². The van der Waals surface area contributed by atoms with Gasteiger partial charge in [0.25, 0.3) is 0 Å². The molecule has 0 spiro atoms. The smallest absolute Gasteiger partial charge is 0.246 e. The zero-order valence-corrected chi connectivity index (χ0v) is 17.6. The van der Waals surface area contributed by atoms with Gasteiger partial charge in [0.05, 0.1) is 18.1 Å². The number of rotatable bonds is 4. The maximum Gasteiger partial charge on any atom is 0.246 e. The first-order valence-corrected chi connectivity index (χ1v) is 11.8. The number of nitrogens with zero attached hydrogens (tertiary/aromatic N) is 4. The van der Waals surface area contributed by atoms with Crippen LogP contribution in [0, 0.1) is 11.8 Å². The quantitative estimate of drug-likeness (QED) is 0.768. The molecule has 3 heterocycles. The van der Waals surface area contributed by atoms with Gasteiger partial charge in [-0.25, -0.2) is 13.1 Å². The van der Waals surface area contributed by atoms with Gasteiger partial charge in [-0.15, -0.1) is 0 Å². The zero-order chi connectivity index (χ0) is 20.4. The number of piperidine rings is 2. The number of carbonyl (C=O) groups excluding carboxylic acids is 1. The van der Waals surface area contributed by atoms with Gasteiger partial charge >= 0.3 is 0 Å². The third kappa shape index (κ3) is 4.23. The minimum Gasteiger partial charge on any atom is -0.342 e. The van der Waals surface area contributed by atoms with E-state index < -0.39 is 10.0 Å². The van der Waals surface area contributed by atoms with Crippen LogP contribution in [-0.4, -0.2) is 59.5 Å². The van der Waals surface area contributed by atoms with Crippen molar-refractivity contribution in [2.45, 2.75) is 37.5 Å². The Morgan fingerprint density at radius 1 is 1.00 bits per heavy atom. The van der Waals surface area contributed by atoms with E-state index >= 15 is 0 Å². The average molecular weight is 417 g/mol.